The molecule has 0 heterocycles. The van der Waals surface area contributed by atoms with Gasteiger partial charge in [-0.05, 0) is 37.0 Å². The molecule has 2 atom stereocenters. The lowest BCUT2D eigenvalue weighted by Gasteiger charge is -2.17. The minimum absolute atomic E-state index is 0.0454. The Balaban J connectivity index is 1.92. The zero-order valence-corrected chi connectivity index (χ0v) is 15.0. The number of carbonyl (C=O) groups excluding carboxylic acids is 1. The standard InChI is InChI=1S/C21H24FNO3/c1-14-6-5-7-16(10-14)12-18(21(25)26)13-23-20(24)15(2)11-17-8-3-4-9-19(17)22/h3-10,15,18H,11-13H2,1-2H3,(H,23,24)(H,25,26). The zero-order valence-electron chi connectivity index (χ0n) is 15.0. The first kappa shape index (κ1) is 19.6. The number of aryl methyl sites for hydroxylation is 1. The molecule has 2 N–H and O–H groups in total. The van der Waals surface area contributed by atoms with Crippen molar-refractivity contribution in [2.24, 2.45) is 11.8 Å². The molecule has 1 amide bonds. The first-order valence-electron chi connectivity index (χ1n) is 8.66. The smallest absolute Gasteiger partial charge is 0.308 e. The number of hydrogen-bond donors (Lipinski definition) is 2. The normalized spacial score (nSPS) is 13.0. The minimum atomic E-state index is -0.950. The summed E-state index contributed by atoms with van der Waals surface area (Å²) in [6.45, 7) is 3.70. The van der Waals surface area contributed by atoms with Crippen LogP contribution in [0, 0.1) is 24.6 Å². The third kappa shape index (κ3) is 5.69. The van der Waals surface area contributed by atoms with Crippen LogP contribution in [0.5, 0.6) is 0 Å². The lowest BCUT2D eigenvalue weighted by molar-refractivity contribution is -0.141. The van der Waals surface area contributed by atoms with Gasteiger partial charge >= 0.3 is 5.97 Å². The number of carboxylic acids is 1. The van der Waals surface area contributed by atoms with Gasteiger partial charge < -0.3 is 10.4 Å². The average Bonchev–Trinajstić information content (AvgIpc) is 2.60. The largest absolute Gasteiger partial charge is 0.481 e. The van der Waals surface area contributed by atoms with Crippen LogP contribution < -0.4 is 5.32 Å². The van der Waals surface area contributed by atoms with Crippen LogP contribution in [0.1, 0.15) is 23.6 Å². The van der Waals surface area contributed by atoms with E-state index in [1.165, 1.54) is 6.07 Å². The fraction of sp³-hybridized carbons (Fsp3) is 0.333. The van der Waals surface area contributed by atoms with Gasteiger partial charge in [-0.25, -0.2) is 4.39 Å². The molecule has 0 fully saturated rings. The van der Waals surface area contributed by atoms with Gasteiger partial charge in [-0.3, -0.25) is 9.59 Å². The summed E-state index contributed by atoms with van der Waals surface area (Å²) in [5, 5.41) is 12.1. The number of hydrogen-bond acceptors (Lipinski definition) is 2. The number of carbonyl (C=O) groups is 2. The van der Waals surface area contributed by atoms with Crippen LogP contribution in [-0.2, 0) is 22.4 Å². The van der Waals surface area contributed by atoms with Gasteiger partial charge in [0.1, 0.15) is 5.82 Å². The van der Waals surface area contributed by atoms with Gasteiger partial charge in [0, 0.05) is 12.5 Å². The molecule has 0 spiro atoms. The van der Waals surface area contributed by atoms with Crippen molar-refractivity contribution in [3.63, 3.8) is 0 Å². The quantitative estimate of drug-likeness (QED) is 0.761. The molecule has 0 aliphatic rings. The van der Waals surface area contributed by atoms with Crippen LogP contribution in [0.2, 0.25) is 0 Å². The van der Waals surface area contributed by atoms with E-state index in [-0.39, 0.29) is 24.7 Å². The predicted octanol–water partition coefficient (Wildman–Crippen LogP) is 3.37. The van der Waals surface area contributed by atoms with E-state index >= 15 is 0 Å². The van der Waals surface area contributed by atoms with Crippen LogP contribution >= 0.6 is 0 Å². The predicted molar refractivity (Wildman–Crippen MR) is 98.3 cm³/mol. The number of amides is 1. The topological polar surface area (TPSA) is 66.4 Å². The summed E-state index contributed by atoms with van der Waals surface area (Å²) >= 11 is 0. The van der Waals surface area contributed by atoms with Crippen LogP contribution in [0.25, 0.3) is 0 Å². The Labute approximate surface area is 153 Å². The molecule has 2 aromatic carbocycles. The van der Waals surface area contributed by atoms with Crippen molar-refractivity contribution in [1.29, 1.82) is 0 Å². The molecule has 4 nitrogen and oxygen atoms in total. The number of halogens is 1. The summed E-state index contributed by atoms with van der Waals surface area (Å²) in [4.78, 5) is 23.8. The van der Waals surface area contributed by atoms with E-state index in [2.05, 4.69) is 5.32 Å². The lowest BCUT2D eigenvalue weighted by atomic mass is 9.97. The van der Waals surface area contributed by atoms with Crippen LogP contribution in [0.4, 0.5) is 4.39 Å². The molecule has 0 bridgehead atoms. The highest BCUT2D eigenvalue weighted by Gasteiger charge is 2.21. The van der Waals surface area contributed by atoms with E-state index in [9.17, 15) is 19.1 Å². The Bertz CT molecular complexity index is 775. The maximum Gasteiger partial charge on any atom is 0.308 e. The van der Waals surface area contributed by atoms with Crippen molar-refractivity contribution in [3.05, 3.63) is 71.0 Å². The van der Waals surface area contributed by atoms with Crippen LogP contribution in [0.15, 0.2) is 48.5 Å². The Hall–Kier alpha value is -2.69. The van der Waals surface area contributed by atoms with E-state index in [1.807, 2.05) is 31.2 Å². The second-order valence-electron chi connectivity index (χ2n) is 6.67. The molecule has 0 saturated carbocycles. The van der Waals surface area contributed by atoms with Gasteiger partial charge in [0.05, 0.1) is 5.92 Å². The summed E-state index contributed by atoms with van der Waals surface area (Å²) in [5.41, 5.74) is 2.46. The summed E-state index contributed by atoms with van der Waals surface area (Å²) in [6.07, 6.45) is 0.618. The van der Waals surface area contributed by atoms with Crippen molar-refractivity contribution in [2.75, 3.05) is 6.54 Å². The third-order valence-electron chi connectivity index (χ3n) is 4.37. The average molecular weight is 357 g/mol. The van der Waals surface area contributed by atoms with Gasteiger partial charge in [-0.1, -0.05) is 55.0 Å². The number of aliphatic carboxylic acids is 1. The molecule has 5 heteroatoms. The fourth-order valence-corrected chi connectivity index (χ4v) is 2.85. The van der Waals surface area contributed by atoms with E-state index in [1.54, 1.807) is 25.1 Å². The number of rotatable bonds is 8. The van der Waals surface area contributed by atoms with Gasteiger partial charge in [0.25, 0.3) is 0 Å². The Morgan fingerprint density at radius 2 is 1.85 bits per heavy atom. The highest BCUT2D eigenvalue weighted by molar-refractivity contribution is 5.79. The number of nitrogens with one attached hydrogen (secondary N) is 1. The minimum Gasteiger partial charge on any atom is -0.481 e. The van der Waals surface area contributed by atoms with Crippen molar-refractivity contribution < 1.29 is 19.1 Å². The summed E-state index contributed by atoms with van der Waals surface area (Å²) in [6, 6.07) is 14.0. The van der Waals surface area contributed by atoms with Crippen molar-refractivity contribution in [2.45, 2.75) is 26.7 Å². The second kappa shape index (κ2) is 9.13. The van der Waals surface area contributed by atoms with Gasteiger partial charge in [0.15, 0.2) is 0 Å². The summed E-state index contributed by atoms with van der Waals surface area (Å²) in [5.74, 6) is -2.71. The molecule has 2 unspecified atom stereocenters. The van der Waals surface area contributed by atoms with E-state index in [0.717, 1.165) is 11.1 Å². The van der Waals surface area contributed by atoms with E-state index < -0.39 is 17.8 Å². The lowest BCUT2D eigenvalue weighted by Crippen LogP contribution is -2.37. The summed E-state index contributed by atoms with van der Waals surface area (Å²) < 4.78 is 13.7. The molecule has 0 saturated heterocycles. The Morgan fingerprint density at radius 1 is 1.12 bits per heavy atom. The van der Waals surface area contributed by atoms with E-state index in [4.69, 9.17) is 0 Å². The molecule has 2 aromatic rings. The maximum atomic E-state index is 13.7. The highest BCUT2D eigenvalue weighted by atomic mass is 19.1. The Morgan fingerprint density at radius 3 is 2.50 bits per heavy atom. The van der Waals surface area contributed by atoms with E-state index in [0.29, 0.717) is 12.0 Å². The number of benzene rings is 2. The molecular formula is C21H24FNO3. The molecule has 26 heavy (non-hydrogen) atoms. The molecule has 0 aliphatic carbocycles. The van der Waals surface area contributed by atoms with Crippen molar-refractivity contribution >= 4 is 11.9 Å². The van der Waals surface area contributed by atoms with Crippen molar-refractivity contribution in [1.82, 2.24) is 5.32 Å². The SMILES string of the molecule is Cc1cccc(CC(CNC(=O)C(C)Cc2ccccc2F)C(=O)O)c1. The van der Waals surface area contributed by atoms with Crippen LogP contribution in [0.3, 0.4) is 0 Å². The van der Waals surface area contributed by atoms with Gasteiger partial charge in [-0.2, -0.15) is 0 Å². The molecule has 0 aromatic heterocycles. The highest BCUT2D eigenvalue weighted by Crippen LogP contribution is 2.14. The first-order valence-corrected chi connectivity index (χ1v) is 8.66. The van der Waals surface area contributed by atoms with Crippen LogP contribution in [-0.4, -0.2) is 23.5 Å². The maximum absolute atomic E-state index is 13.7. The van der Waals surface area contributed by atoms with Gasteiger partial charge in [-0.15, -0.1) is 0 Å². The second-order valence-corrected chi connectivity index (χ2v) is 6.67. The molecular weight excluding hydrogens is 333 g/mol. The molecule has 0 aliphatic heterocycles. The number of carboxylic acid groups (broad SMARTS) is 1. The van der Waals surface area contributed by atoms with Gasteiger partial charge in [0.2, 0.25) is 5.91 Å². The summed E-state index contributed by atoms with van der Waals surface area (Å²) in [7, 11) is 0. The monoisotopic (exact) mass is 357 g/mol. The zero-order chi connectivity index (χ0) is 19.1. The fourth-order valence-electron chi connectivity index (χ4n) is 2.85. The Kier molecular flexibility index (Phi) is 6.89. The first-order chi connectivity index (χ1) is 12.4. The molecule has 0 radical (unpaired) electrons. The molecule has 138 valence electrons. The third-order valence-corrected chi connectivity index (χ3v) is 4.37. The van der Waals surface area contributed by atoms with Crippen molar-refractivity contribution in [3.8, 4) is 0 Å². The molecule has 2 rings (SSSR count).